The Bertz CT molecular complexity index is 420. The second-order valence-corrected chi connectivity index (χ2v) is 5.54. The van der Waals surface area contributed by atoms with Crippen molar-refractivity contribution in [3.05, 3.63) is 18.0 Å². The third-order valence-corrected chi connectivity index (χ3v) is 3.59. The summed E-state index contributed by atoms with van der Waals surface area (Å²) in [5, 5.41) is 7.30. The van der Waals surface area contributed by atoms with E-state index in [1.54, 1.807) is 0 Å². The number of hydrogen-bond donors (Lipinski definition) is 2. The van der Waals surface area contributed by atoms with Gasteiger partial charge in [0.25, 0.3) is 0 Å². The van der Waals surface area contributed by atoms with Crippen molar-refractivity contribution in [1.82, 2.24) is 15.1 Å². The molecule has 3 N–H and O–H groups in total. The van der Waals surface area contributed by atoms with Gasteiger partial charge in [0.2, 0.25) is 5.91 Å². The van der Waals surface area contributed by atoms with Crippen LogP contribution in [0.25, 0.3) is 0 Å². The Morgan fingerprint density at radius 3 is 2.83 bits per heavy atom. The normalized spacial score (nSPS) is 16.9. The minimum Gasteiger partial charge on any atom is -0.350 e. The van der Waals surface area contributed by atoms with Gasteiger partial charge in [-0.3, -0.25) is 9.48 Å². The molecule has 2 rings (SSSR count). The van der Waals surface area contributed by atoms with Gasteiger partial charge in [-0.25, -0.2) is 0 Å². The van der Waals surface area contributed by atoms with Gasteiger partial charge in [-0.15, -0.1) is 0 Å². The zero-order valence-corrected chi connectivity index (χ0v) is 11.1. The van der Waals surface area contributed by atoms with Gasteiger partial charge in [0, 0.05) is 18.7 Å². The lowest BCUT2D eigenvalue weighted by atomic mass is 10.0. The third-order valence-electron chi connectivity index (χ3n) is 3.59. The quantitative estimate of drug-likeness (QED) is 0.797. The minimum atomic E-state index is 0.0806. The SMILES string of the molecule is CC(C)n1ccc(CNC(=O)CC2(CN)CC2)n1. The molecule has 0 aliphatic heterocycles. The summed E-state index contributed by atoms with van der Waals surface area (Å²) in [6.07, 6.45) is 4.65. The number of carbonyl (C=O) groups excluding carboxylic acids is 1. The predicted octanol–water partition coefficient (Wildman–Crippen LogP) is 1.21. The van der Waals surface area contributed by atoms with Crippen LogP contribution in [0.2, 0.25) is 0 Å². The number of rotatable bonds is 6. The van der Waals surface area contributed by atoms with Crippen LogP contribution >= 0.6 is 0 Å². The van der Waals surface area contributed by atoms with E-state index in [2.05, 4.69) is 24.3 Å². The highest BCUT2D eigenvalue weighted by molar-refractivity contribution is 5.77. The molecule has 0 unspecified atom stereocenters. The first kappa shape index (κ1) is 13.1. The highest BCUT2D eigenvalue weighted by Gasteiger charge is 2.42. The smallest absolute Gasteiger partial charge is 0.220 e. The van der Waals surface area contributed by atoms with Crippen LogP contribution < -0.4 is 11.1 Å². The summed E-state index contributed by atoms with van der Waals surface area (Å²) in [4.78, 5) is 11.8. The minimum absolute atomic E-state index is 0.0806. The molecule has 1 aliphatic carbocycles. The van der Waals surface area contributed by atoms with Crippen LogP contribution in [-0.4, -0.2) is 22.2 Å². The Balaban J connectivity index is 1.78. The molecule has 100 valence electrons. The second kappa shape index (κ2) is 5.10. The molecule has 1 fully saturated rings. The number of nitrogens with zero attached hydrogens (tertiary/aromatic N) is 2. The number of hydrogen-bond acceptors (Lipinski definition) is 3. The van der Waals surface area contributed by atoms with Crippen LogP contribution in [0.1, 0.15) is 44.8 Å². The molecule has 0 aromatic carbocycles. The van der Waals surface area contributed by atoms with E-state index in [0.29, 0.717) is 25.6 Å². The molecule has 5 nitrogen and oxygen atoms in total. The molecule has 1 amide bonds. The van der Waals surface area contributed by atoms with Gasteiger partial charge in [0.15, 0.2) is 0 Å². The van der Waals surface area contributed by atoms with Crippen LogP contribution in [0, 0.1) is 5.41 Å². The summed E-state index contributed by atoms with van der Waals surface area (Å²) in [5.41, 5.74) is 6.66. The third kappa shape index (κ3) is 3.10. The van der Waals surface area contributed by atoms with E-state index in [-0.39, 0.29) is 11.3 Å². The average Bonchev–Trinajstić information content (AvgIpc) is 2.93. The van der Waals surface area contributed by atoms with Crippen LogP contribution in [0.5, 0.6) is 0 Å². The summed E-state index contributed by atoms with van der Waals surface area (Å²) in [7, 11) is 0. The van der Waals surface area contributed by atoms with E-state index in [1.807, 2.05) is 16.9 Å². The Morgan fingerprint density at radius 2 is 2.33 bits per heavy atom. The van der Waals surface area contributed by atoms with Crippen molar-refractivity contribution in [3.63, 3.8) is 0 Å². The zero-order valence-electron chi connectivity index (χ0n) is 11.1. The molecule has 0 radical (unpaired) electrons. The van der Waals surface area contributed by atoms with Gasteiger partial charge in [0.1, 0.15) is 0 Å². The number of carbonyl (C=O) groups is 1. The summed E-state index contributed by atoms with van der Waals surface area (Å²) >= 11 is 0. The molecule has 1 saturated carbocycles. The Kier molecular flexibility index (Phi) is 3.71. The van der Waals surface area contributed by atoms with E-state index in [1.165, 1.54) is 0 Å². The molecule has 5 heteroatoms. The monoisotopic (exact) mass is 250 g/mol. The Morgan fingerprint density at radius 1 is 1.61 bits per heavy atom. The van der Waals surface area contributed by atoms with Crippen molar-refractivity contribution in [2.24, 2.45) is 11.1 Å². The summed E-state index contributed by atoms with van der Waals surface area (Å²) in [6, 6.07) is 2.29. The molecule has 1 aromatic rings. The zero-order chi connectivity index (χ0) is 13.2. The van der Waals surface area contributed by atoms with Crippen molar-refractivity contribution < 1.29 is 4.79 Å². The topological polar surface area (TPSA) is 72.9 Å². The van der Waals surface area contributed by atoms with Crippen LogP contribution in [0.15, 0.2) is 12.3 Å². The van der Waals surface area contributed by atoms with Crippen molar-refractivity contribution in [3.8, 4) is 0 Å². The highest BCUT2D eigenvalue weighted by Crippen LogP contribution is 2.47. The van der Waals surface area contributed by atoms with E-state index >= 15 is 0 Å². The summed E-state index contributed by atoms with van der Waals surface area (Å²) in [5.74, 6) is 0.0806. The molecule has 0 spiro atoms. The fourth-order valence-electron chi connectivity index (χ4n) is 1.98. The molecule has 0 atom stereocenters. The predicted molar refractivity (Wildman–Crippen MR) is 69.8 cm³/mol. The van der Waals surface area contributed by atoms with Crippen molar-refractivity contribution >= 4 is 5.91 Å². The maximum atomic E-state index is 11.8. The Labute approximate surface area is 108 Å². The van der Waals surface area contributed by atoms with Gasteiger partial charge in [-0.1, -0.05) is 0 Å². The lowest BCUT2D eigenvalue weighted by Crippen LogP contribution is -2.28. The van der Waals surface area contributed by atoms with Gasteiger partial charge < -0.3 is 11.1 Å². The molecular weight excluding hydrogens is 228 g/mol. The van der Waals surface area contributed by atoms with Crippen LogP contribution in [0.4, 0.5) is 0 Å². The van der Waals surface area contributed by atoms with E-state index in [0.717, 1.165) is 18.5 Å². The van der Waals surface area contributed by atoms with Gasteiger partial charge >= 0.3 is 0 Å². The first-order valence-corrected chi connectivity index (χ1v) is 6.55. The number of amides is 1. The first-order valence-electron chi connectivity index (χ1n) is 6.55. The molecule has 1 aliphatic rings. The first-order chi connectivity index (χ1) is 8.54. The second-order valence-electron chi connectivity index (χ2n) is 5.54. The molecule has 18 heavy (non-hydrogen) atoms. The summed E-state index contributed by atoms with van der Waals surface area (Å²) < 4.78 is 1.89. The largest absolute Gasteiger partial charge is 0.350 e. The van der Waals surface area contributed by atoms with Crippen LogP contribution in [-0.2, 0) is 11.3 Å². The maximum absolute atomic E-state index is 11.8. The fraction of sp³-hybridized carbons (Fsp3) is 0.692. The average molecular weight is 250 g/mol. The molecule has 1 heterocycles. The van der Waals surface area contributed by atoms with E-state index in [9.17, 15) is 4.79 Å². The van der Waals surface area contributed by atoms with Crippen molar-refractivity contribution in [1.29, 1.82) is 0 Å². The van der Waals surface area contributed by atoms with Gasteiger partial charge in [-0.2, -0.15) is 5.10 Å². The molecule has 1 aromatic heterocycles. The van der Waals surface area contributed by atoms with E-state index in [4.69, 9.17) is 5.73 Å². The van der Waals surface area contributed by atoms with Crippen molar-refractivity contribution in [2.45, 2.75) is 45.7 Å². The highest BCUT2D eigenvalue weighted by atomic mass is 16.1. The lowest BCUT2D eigenvalue weighted by molar-refractivity contribution is -0.122. The fourth-order valence-corrected chi connectivity index (χ4v) is 1.98. The molecular formula is C13H22N4O. The number of aromatic nitrogens is 2. The van der Waals surface area contributed by atoms with Crippen LogP contribution in [0.3, 0.4) is 0 Å². The van der Waals surface area contributed by atoms with E-state index < -0.39 is 0 Å². The lowest BCUT2D eigenvalue weighted by Gasteiger charge is -2.11. The molecule has 0 saturated heterocycles. The number of nitrogens with two attached hydrogens (primary N) is 1. The number of nitrogens with one attached hydrogen (secondary N) is 1. The molecule has 0 bridgehead atoms. The van der Waals surface area contributed by atoms with Crippen molar-refractivity contribution in [2.75, 3.05) is 6.54 Å². The summed E-state index contributed by atoms with van der Waals surface area (Å²) in [6.45, 7) is 5.27. The van der Waals surface area contributed by atoms with Gasteiger partial charge in [0.05, 0.1) is 12.2 Å². The standard InChI is InChI=1S/C13H22N4O/c1-10(2)17-6-3-11(16-17)8-15-12(18)7-13(9-14)4-5-13/h3,6,10H,4-5,7-9,14H2,1-2H3,(H,15,18). The Hall–Kier alpha value is -1.36. The van der Waals surface area contributed by atoms with Gasteiger partial charge in [-0.05, 0) is 44.7 Å². The maximum Gasteiger partial charge on any atom is 0.220 e.